The van der Waals surface area contributed by atoms with Crippen LogP contribution in [-0.4, -0.2) is 29.0 Å². The van der Waals surface area contributed by atoms with E-state index in [4.69, 9.17) is 9.84 Å². The van der Waals surface area contributed by atoms with Crippen LogP contribution in [0.25, 0.3) is 0 Å². The number of carboxylic acids is 1. The van der Waals surface area contributed by atoms with E-state index in [-0.39, 0.29) is 6.10 Å². The maximum absolute atomic E-state index is 10.8. The first-order valence-corrected chi connectivity index (χ1v) is 7.06. The zero-order chi connectivity index (χ0) is 12.4. The van der Waals surface area contributed by atoms with Crippen molar-refractivity contribution in [2.75, 3.05) is 6.61 Å². The number of carbonyl (C=O) groups is 1. The van der Waals surface area contributed by atoms with Crippen molar-refractivity contribution in [3.05, 3.63) is 28.2 Å². The van der Waals surface area contributed by atoms with Gasteiger partial charge in [-0.25, -0.2) is 4.79 Å². The molecular weight excluding hydrogens is 304 g/mol. The Labute approximate surface area is 113 Å². The lowest BCUT2D eigenvalue weighted by Crippen LogP contribution is -2.13. The third-order valence-electron chi connectivity index (χ3n) is 2.76. The molecule has 0 saturated carbocycles. The Bertz CT molecular complexity index is 436. The van der Waals surface area contributed by atoms with Gasteiger partial charge in [-0.3, -0.25) is 0 Å². The fraction of sp³-hybridized carbons (Fsp3) is 0.417. The van der Waals surface area contributed by atoms with E-state index in [0.29, 0.717) is 10.8 Å². The third-order valence-corrected chi connectivity index (χ3v) is 5.21. The predicted octanol–water partition coefficient (Wildman–Crippen LogP) is 3.42. The van der Waals surface area contributed by atoms with Gasteiger partial charge < -0.3 is 9.84 Å². The number of hydrogen-bond donors (Lipinski definition) is 1. The molecule has 1 aliphatic rings. The Morgan fingerprint density at radius 1 is 1.59 bits per heavy atom. The SMILES string of the molecule is CC1OCCC1Sc1ccc(C(=O)O)cc1Br. The largest absolute Gasteiger partial charge is 0.478 e. The lowest BCUT2D eigenvalue weighted by atomic mass is 10.2. The Balaban J connectivity index is 2.14. The summed E-state index contributed by atoms with van der Waals surface area (Å²) < 4.78 is 6.34. The zero-order valence-corrected chi connectivity index (χ0v) is 11.8. The Morgan fingerprint density at radius 2 is 2.35 bits per heavy atom. The molecule has 5 heteroatoms. The van der Waals surface area contributed by atoms with Crippen LogP contribution >= 0.6 is 27.7 Å². The maximum Gasteiger partial charge on any atom is 0.335 e. The molecule has 1 N–H and O–H groups in total. The number of carboxylic acid groups (broad SMARTS) is 1. The van der Waals surface area contributed by atoms with Crippen LogP contribution < -0.4 is 0 Å². The van der Waals surface area contributed by atoms with Gasteiger partial charge in [0, 0.05) is 21.2 Å². The molecule has 0 bridgehead atoms. The number of aromatic carboxylic acids is 1. The van der Waals surface area contributed by atoms with Gasteiger partial charge >= 0.3 is 5.97 Å². The van der Waals surface area contributed by atoms with Crippen LogP contribution in [0.5, 0.6) is 0 Å². The Kier molecular flexibility index (Phi) is 4.12. The number of benzene rings is 1. The first-order valence-electron chi connectivity index (χ1n) is 5.39. The molecule has 0 radical (unpaired) electrons. The van der Waals surface area contributed by atoms with Crippen LogP contribution in [0.15, 0.2) is 27.6 Å². The molecule has 3 nitrogen and oxygen atoms in total. The molecule has 0 aliphatic carbocycles. The highest BCUT2D eigenvalue weighted by Gasteiger charge is 2.25. The van der Waals surface area contributed by atoms with Crippen molar-refractivity contribution in [1.82, 2.24) is 0 Å². The first-order chi connectivity index (χ1) is 8.08. The molecule has 2 atom stereocenters. The van der Waals surface area contributed by atoms with E-state index < -0.39 is 5.97 Å². The number of thioether (sulfide) groups is 1. The monoisotopic (exact) mass is 316 g/mol. The van der Waals surface area contributed by atoms with Crippen molar-refractivity contribution in [3.63, 3.8) is 0 Å². The van der Waals surface area contributed by atoms with E-state index >= 15 is 0 Å². The molecule has 1 heterocycles. The van der Waals surface area contributed by atoms with Gasteiger partial charge in [-0.1, -0.05) is 0 Å². The minimum absolute atomic E-state index is 0.256. The summed E-state index contributed by atoms with van der Waals surface area (Å²) in [7, 11) is 0. The average molecular weight is 317 g/mol. The number of rotatable bonds is 3. The molecule has 0 aromatic heterocycles. The molecule has 2 unspecified atom stereocenters. The summed E-state index contributed by atoms with van der Waals surface area (Å²) in [5, 5.41) is 9.33. The maximum atomic E-state index is 10.8. The quantitative estimate of drug-likeness (QED) is 0.928. The highest BCUT2D eigenvalue weighted by molar-refractivity contribution is 9.10. The highest BCUT2D eigenvalue weighted by Crippen LogP contribution is 2.36. The van der Waals surface area contributed by atoms with Gasteiger partial charge in [-0.05, 0) is 47.5 Å². The van der Waals surface area contributed by atoms with Gasteiger partial charge in [0.05, 0.1) is 11.7 Å². The van der Waals surface area contributed by atoms with Gasteiger partial charge in [0.1, 0.15) is 0 Å². The number of halogens is 1. The van der Waals surface area contributed by atoms with E-state index in [1.54, 1.807) is 23.9 Å². The van der Waals surface area contributed by atoms with Crippen molar-refractivity contribution in [2.45, 2.75) is 29.6 Å². The predicted molar refractivity (Wildman–Crippen MR) is 70.8 cm³/mol. The van der Waals surface area contributed by atoms with Gasteiger partial charge in [0.25, 0.3) is 0 Å². The van der Waals surface area contributed by atoms with Crippen molar-refractivity contribution >= 4 is 33.7 Å². The lowest BCUT2D eigenvalue weighted by Gasteiger charge is -2.14. The van der Waals surface area contributed by atoms with E-state index in [9.17, 15) is 4.79 Å². The summed E-state index contributed by atoms with van der Waals surface area (Å²) in [4.78, 5) is 11.9. The average Bonchev–Trinajstić information content (AvgIpc) is 2.67. The number of ether oxygens (including phenoxy) is 1. The van der Waals surface area contributed by atoms with Crippen LogP contribution in [0.3, 0.4) is 0 Å². The normalized spacial score (nSPS) is 23.9. The summed E-state index contributed by atoms with van der Waals surface area (Å²) in [6, 6.07) is 5.13. The molecular formula is C12H13BrO3S. The highest BCUT2D eigenvalue weighted by atomic mass is 79.9. The van der Waals surface area contributed by atoms with Crippen LogP contribution in [-0.2, 0) is 4.74 Å². The molecule has 1 fully saturated rings. The van der Waals surface area contributed by atoms with Crippen molar-refractivity contribution < 1.29 is 14.6 Å². The molecule has 1 aromatic carbocycles. The van der Waals surface area contributed by atoms with Crippen LogP contribution in [0.4, 0.5) is 0 Å². The van der Waals surface area contributed by atoms with E-state index in [2.05, 4.69) is 22.9 Å². The second kappa shape index (κ2) is 5.42. The van der Waals surface area contributed by atoms with Crippen LogP contribution in [0, 0.1) is 0 Å². The smallest absolute Gasteiger partial charge is 0.335 e. The molecule has 0 spiro atoms. The van der Waals surface area contributed by atoms with Crippen LogP contribution in [0.2, 0.25) is 0 Å². The van der Waals surface area contributed by atoms with E-state index in [0.717, 1.165) is 22.4 Å². The minimum Gasteiger partial charge on any atom is -0.478 e. The number of hydrogen-bond acceptors (Lipinski definition) is 3. The first kappa shape index (κ1) is 12.9. The molecule has 17 heavy (non-hydrogen) atoms. The third kappa shape index (κ3) is 3.03. The lowest BCUT2D eigenvalue weighted by molar-refractivity contribution is 0.0696. The molecule has 1 aromatic rings. The van der Waals surface area contributed by atoms with Gasteiger partial charge in [-0.2, -0.15) is 0 Å². The van der Waals surface area contributed by atoms with Gasteiger partial charge in [0.2, 0.25) is 0 Å². The molecule has 1 saturated heterocycles. The van der Waals surface area contributed by atoms with E-state index in [1.807, 2.05) is 6.07 Å². The van der Waals surface area contributed by atoms with Crippen molar-refractivity contribution in [3.8, 4) is 0 Å². The van der Waals surface area contributed by atoms with Crippen molar-refractivity contribution in [2.24, 2.45) is 0 Å². The second-order valence-corrected chi connectivity index (χ2v) is 6.11. The van der Waals surface area contributed by atoms with Crippen LogP contribution in [0.1, 0.15) is 23.7 Å². The Morgan fingerprint density at radius 3 is 2.88 bits per heavy atom. The fourth-order valence-electron chi connectivity index (χ4n) is 1.76. The molecule has 1 aliphatic heterocycles. The summed E-state index contributed by atoms with van der Waals surface area (Å²) in [6.45, 7) is 2.88. The van der Waals surface area contributed by atoms with Crippen molar-refractivity contribution in [1.29, 1.82) is 0 Å². The topological polar surface area (TPSA) is 46.5 Å². The van der Waals surface area contributed by atoms with Gasteiger partial charge in [0.15, 0.2) is 0 Å². The minimum atomic E-state index is -0.903. The summed E-state index contributed by atoms with van der Waals surface area (Å²) in [5.74, 6) is -0.903. The molecule has 2 rings (SSSR count). The molecule has 92 valence electrons. The zero-order valence-electron chi connectivity index (χ0n) is 9.35. The molecule has 0 amide bonds. The summed E-state index contributed by atoms with van der Waals surface area (Å²) >= 11 is 5.16. The van der Waals surface area contributed by atoms with E-state index in [1.165, 1.54) is 0 Å². The summed E-state index contributed by atoms with van der Waals surface area (Å²) in [5.41, 5.74) is 0.303. The standard InChI is InChI=1S/C12H13BrO3S/c1-7-10(4-5-16-7)17-11-3-2-8(12(14)15)6-9(11)13/h2-3,6-7,10H,4-5H2,1H3,(H,14,15). The second-order valence-electron chi connectivity index (χ2n) is 3.97. The van der Waals surface area contributed by atoms with Gasteiger partial charge in [-0.15, -0.1) is 11.8 Å². The summed E-state index contributed by atoms with van der Waals surface area (Å²) in [6.07, 6.45) is 1.30. The fourth-order valence-corrected chi connectivity index (χ4v) is 3.55. The Hall–Kier alpha value is -0.520.